The summed E-state index contributed by atoms with van der Waals surface area (Å²) in [6.45, 7) is 2.23. The van der Waals surface area contributed by atoms with E-state index in [2.05, 4.69) is 0 Å². The number of amides is 1. The SMILES string of the molecule is Cc1coc(CC(=O)O)c1C(=O)N(C)Cc1cccs1. The minimum absolute atomic E-state index is 0.207. The molecule has 0 bridgehead atoms. The van der Waals surface area contributed by atoms with Crippen LogP contribution in [0.3, 0.4) is 0 Å². The first-order valence-corrected chi connectivity index (χ1v) is 6.93. The Morgan fingerprint density at radius 1 is 1.45 bits per heavy atom. The molecule has 2 aromatic heterocycles. The van der Waals surface area contributed by atoms with Crippen molar-refractivity contribution in [1.29, 1.82) is 0 Å². The maximum absolute atomic E-state index is 12.4. The van der Waals surface area contributed by atoms with Gasteiger partial charge >= 0.3 is 5.97 Å². The molecule has 0 fully saturated rings. The molecular weight excluding hydrogens is 278 g/mol. The molecule has 0 radical (unpaired) electrons. The third-order valence-corrected chi connectivity index (χ3v) is 3.76. The zero-order chi connectivity index (χ0) is 14.7. The van der Waals surface area contributed by atoms with E-state index in [0.717, 1.165) is 4.88 Å². The Morgan fingerprint density at radius 3 is 2.80 bits per heavy atom. The zero-order valence-electron chi connectivity index (χ0n) is 11.3. The lowest BCUT2D eigenvalue weighted by Gasteiger charge is -2.16. The normalized spacial score (nSPS) is 10.5. The van der Waals surface area contributed by atoms with Gasteiger partial charge in [-0.05, 0) is 18.4 Å². The van der Waals surface area contributed by atoms with Gasteiger partial charge in [-0.1, -0.05) is 6.07 Å². The van der Waals surface area contributed by atoms with E-state index in [1.54, 1.807) is 30.2 Å². The highest BCUT2D eigenvalue weighted by Gasteiger charge is 2.23. The molecule has 0 aliphatic heterocycles. The quantitative estimate of drug-likeness (QED) is 0.919. The smallest absolute Gasteiger partial charge is 0.311 e. The van der Waals surface area contributed by atoms with Crippen molar-refractivity contribution in [3.05, 3.63) is 45.5 Å². The second kappa shape index (κ2) is 5.92. The molecule has 0 saturated carbocycles. The fraction of sp³-hybridized carbons (Fsp3) is 0.286. The van der Waals surface area contributed by atoms with Crippen LogP contribution in [0.25, 0.3) is 0 Å². The Kier molecular flexibility index (Phi) is 4.24. The van der Waals surface area contributed by atoms with Gasteiger partial charge in [0.25, 0.3) is 5.91 Å². The summed E-state index contributed by atoms with van der Waals surface area (Å²) in [4.78, 5) is 25.9. The summed E-state index contributed by atoms with van der Waals surface area (Å²) >= 11 is 1.57. The predicted octanol–water partition coefficient (Wildman–Crippen LogP) is 2.55. The highest BCUT2D eigenvalue weighted by Crippen LogP contribution is 2.21. The van der Waals surface area contributed by atoms with Gasteiger partial charge in [-0.25, -0.2) is 0 Å². The van der Waals surface area contributed by atoms with Crippen molar-refractivity contribution in [2.75, 3.05) is 7.05 Å². The lowest BCUT2D eigenvalue weighted by molar-refractivity contribution is -0.136. The number of carbonyl (C=O) groups is 2. The fourth-order valence-corrected chi connectivity index (χ4v) is 2.71. The monoisotopic (exact) mass is 293 g/mol. The number of nitrogens with zero attached hydrogens (tertiary/aromatic N) is 1. The highest BCUT2D eigenvalue weighted by molar-refractivity contribution is 7.09. The minimum atomic E-state index is -1.02. The summed E-state index contributed by atoms with van der Waals surface area (Å²) < 4.78 is 5.19. The standard InChI is InChI=1S/C14H15NO4S/c1-9-8-19-11(6-12(16)17)13(9)14(18)15(2)7-10-4-3-5-20-10/h3-5,8H,6-7H2,1-2H3,(H,16,17). The van der Waals surface area contributed by atoms with Crippen LogP contribution < -0.4 is 0 Å². The Hall–Kier alpha value is -2.08. The molecule has 2 heterocycles. The summed E-state index contributed by atoms with van der Waals surface area (Å²) in [5.74, 6) is -1.03. The number of carboxylic acids is 1. The van der Waals surface area contributed by atoms with E-state index in [9.17, 15) is 9.59 Å². The molecule has 106 valence electrons. The summed E-state index contributed by atoms with van der Waals surface area (Å²) in [5.41, 5.74) is 1.01. The summed E-state index contributed by atoms with van der Waals surface area (Å²) in [6.07, 6.45) is 1.13. The molecule has 5 nitrogen and oxygen atoms in total. The van der Waals surface area contributed by atoms with E-state index in [4.69, 9.17) is 9.52 Å². The first-order chi connectivity index (χ1) is 9.49. The molecule has 1 N–H and O–H groups in total. The maximum Gasteiger partial charge on any atom is 0.311 e. The van der Waals surface area contributed by atoms with Crippen molar-refractivity contribution in [2.45, 2.75) is 19.9 Å². The van der Waals surface area contributed by atoms with Crippen molar-refractivity contribution in [1.82, 2.24) is 4.90 Å². The van der Waals surface area contributed by atoms with Gasteiger partial charge < -0.3 is 14.4 Å². The Balaban J connectivity index is 2.19. The number of hydrogen-bond donors (Lipinski definition) is 1. The van der Waals surface area contributed by atoms with Gasteiger partial charge in [0.1, 0.15) is 12.2 Å². The highest BCUT2D eigenvalue weighted by atomic mass is 32.1. The Morgan fingerprint density at radius 2 is 2.20 bits per heavy atom. The number of carboxylic acid groups (broad SMARTS) is 1. The van der Waals surface area contributed by atoms with Crippen LogP contribution in [0.2, 0.25) is 0 Å². The minimum Gasteiger partial charge on any atom is -0.481 e. The van der Waals surface area contributed by atoms with Crippen LogP contribution in [0.4, 0.5) is 0 Å². The summed E-state index contributed by atoms with van der Waals surface area (Å²) in [5, 5.41) is 10.8. The van der Waals surface area contributed by atoms with Crippen LogP contribution in [0.15, 0.2) is 28.2 Å². The second-order valence-electron chi connectivity index (χ2n) is 4.53. The van der Waals surface area contributed by atoms with Gasteiger partial charge in [0.2, 0.25) is 0 Å². The number of hydrogen-bond acceptors (Lipinski definition) is 4. The second-order valence-corrected chi connectivity index (χ2v) is 5.56. The molecule has 1 amide bonds. The van der Waals surface area contributed by atoms with E-state index in [-0.39, 0.29) is 18.1 Å². The van der Waals surface area contributed by atoms with E-state index in [0.29, 0.717) is 17.7 Å². The Bertz CT molecular complexity index is 615. The van der Waals surface area contributed by atoms with Gasteiger partial charge in [0.15, 0.2) is 0 Å². The molecule has 0 saturated heterocycles. The van der Waals surface area contributed by atoms with Crippen LogP contribution in [0.1, 0.15) is 26.6 Å². The number of thiophene rings is 1. The number of rotatable bonds is 5. The molecule has 0 aliphatic rings. The van der Waals surface area contributed by atoms with Gasteiger partial charge in [0, 0.05) is 17.5 Å². The summed E-state index contributed by atoms with van der Waals surface area (Å²) in [7, 11) is 1.69. The Labute approximate surface area is 120 Å². The average molecular weight is 293 g/mol. The van der Waals surface area contributed by atoms with Crippen LogP contribution in [-0.2, 0) is 17.8 Å². The van der Waals surface area contributed by atoms with Gasteiger partial charge in [-0.15, -0.1) is 11.3 Å². The molecule has 0 aromatic carbocycles. The first-order valence-electron chi connectivity index (χ1n) is 6.05. The van der Waals surface area contributed by atoms with Crippen molar-refractivity contribution in [2.24, 2.45) is 0 Å². The van der Waals surface area contributed by atoms with Crippen LogP contribution in [0, 0.1) is 6.92 Å². The zero-order valence-corrected chi connectivity index (χ0v) is 12.1. The third kappa shape index (κ3) is 3.08. The van der Waals surface area contributed by atoms with Crippen molar-refractivity contribution in [3.8, 4) is 0 Å². The predicted molar refractivity (Wildman–Crippen MR) is 74.9 cm³/mol. The van der Waals surface area contributed by atoms with E-state index in [1.807, 2.05) is 17.5 Å². The molecule has 0 spiro atoms. The third-order valence-electron chi connectivity index (χ3n) is 2.90. The van der Waals surface area contributed by atoms with E-state index in [1.165, 1.54) is 6.26 Å². The molecule has 2 aromatic rings. The van der Waals surface area contributed by atoms with Crippen molar-refractivity contribution >= 4 is 23.2 Å². The van der Waals surface area contributed by atoms with Crippen LogP contribution in [-0.4, -0.2) is 28.9 Å². The average Bonchev–Trinajstić information content (AvgIpc) is 2.98. The largest absolute Gasteiger partial charge is 0.481 e. The van der Waals surface area contributed by atoms with Crippen LogP contribution >= 0.6 is 11.3 Å². The van der Waals surface area contributed by atoms with E-state index < -0.39 is 5.97 Å². The van der Waals surface area contributed by atoms with Gasteiger partial charge in [-0.3, -0.25) is 9.59 Å². The fourth-order valence-electron chi connectivity index (χ4n) is 1.95. The maximum atomic E-state index is 12.4. The lowest BCUT2D eigenvalue weighted by atomic mass is 10.1. The number of aliphatic carboxylic acids is 1. The molecule has 2 rings (SSSR count). The molecule has 6 heteroatoms. The van der Waals surface area contributed by atoms with Gasteiger partial charge in [0.05, 0.1) is 18.4 Å². The van der Waals surface area contributed by atoms with Crippen molar-refractivity contribution < 1.29 is 19.1 Å². The van der Waals surface area contributed by atoms with Crippen LogP contribution in [0.5, 0.6) is 0 Å². The summed E-state index contributed by atoms with van der Waals surface area (Å²) in [6, 6.07) is 3.88. The van der Waals surface area contributed by atoms with Crippen molar-refractivity contribution in [3.63, 3.8) is 0 Å². The lowest BCUT2D eigenvalue weighted by Crippen LogP contribution is -2.27. The first kappa shape index (κ1) is 14.3. The topological polar surface area (TPSA) is 70.7 Å². The molecule has 0 atom stereocenters. The molecule has 0 aliphatic carbocycles. The molecular formula is C14H15NO4S. The van der Waals surface area contributed by atoms with Gasteiger partial charge in [-0.2, -0.15) is 0 Å². The number of aryl methyl sites for hydroxylation is 1. The number of furan rings is 1. The molecule has 0 unspecified atom stereocenters. The molecule has 20 heavy (non-hydrogen) atoms. The number of carbonyl (C=O) groups excluding carboxylic acids is 1. The van der Waals surface area contributed by atoms with E-state index >= 15 is 0 Å².